The lowest BCUT2D eigenvalue weighted by Gasteiger charge is -2.11. The van der Waals surface area contributed by atoms with Crippen LogP contribution in [0.2, 0.25) is 0 Å². The van der Waals surface area contributed by atoms with Crippen molar-refractivity contribution in [2.75, 3.05) is 17.6 Å². The Bertz CT molecular complexity index is 883. The first kappa shape index (κ1) is 18.9. The average Bonchev–Trinajstić information content (AvgIpc) is 2.78. The highest BCUT2D eigenvalue weighted by atomic mass is 32.2. The number of amides is 1. The molecule has 0 bridgehead atoms. The van der Waals surface area contributed by atoms with E-state index in [1.54, 1.807) is 23.9 Å². The third kappa shape index (κ3) is 4.66. The number of carbonyl (C=O) groups is 1. The maximum atomic E-state index is 12.5. The first-order valence-corrected chi connectivity index (χ1v) is 11.0. The Labute approximate surface area is 158 Å². The van der Waals surface area contributed by atoms with Gasteiger partial charge < -0.3 is 5.32 Å². The van der Waals surface area contributed by atoms with Crippen LogP contribution in [0.3, 0.4) is 0 Å². The van der Waals surface area contributed by atoms with Gasteiger partial charge in [0.15, 0.2) is 0 Å². The zero-order chi connectivity index (χ0) is 18.6. The number of aryl methyl sites for hydroxylation is 1. The van der Waals surface area contributed by atoms with E-state index in [0.29, 0.717) is 18.0 Å². The summed E-state index contributed by atoms with van der Waals surface area (Å²) in [6.45, 7) is 2.23. The molecule has 1 heterocycles. The van der Waals surface area contributed by atoms with Crippen LogP contribution in [0.25, 0.3) is 0 Å². The molecule has 3 rings (SSSR count). The van der Waals surface area contributed by atoms with Gasteiger partial charge in [0.25, 0.3) is 0 Å². The minimum atomic E-state index is -3.60. The van der Waals surface area contributed by atoms with Gasteiger partial charge in [-0.15, -0.1) is 11.8 Å². The van der Waals surface area contributed by atoms with Crippen molar-refractivity contribution in [3.8, 4) is 0 Å². The van der Waals surface area contributed by atoms with Crippen LogP contribution >= 0.6 is 11.8 Å². The molecule has 1 aliphatic rings. The van der Waals surface area contributed by atoms with Crippen molar-refractivity contribution in [1.29, 1.82) is 0 Å². The summed E-state index contributed by atoms with van der Waals surface area (Å²) in [5.41, 5.74) is 1.75. The van der Waals surface area contributed by atoms with Gasteiger partial charge in [0, 0.05) is 23.1 Å². The zero-order valence-electron chi connectivity index (χ0n) is 14.6. The van der Waals surface area contributed by atoms with E-state index in [1.165, 1.54) is 11.6 Å². The highest BCUT2D eigenvalue weighted by Crippen LogP contribution is 2.34. The van der Waals surface area contributed by atoms with Crippen LogP contribution < -0.4 is 10.0 Å². The first-order chi connectivity index (χ1) is 12.5. The fourth-order valence-corrected chi connectivity index (χ4v) is 4.78. The van der Waals surface area contributed by atoms with Crippen molar-refractivity contribution in [3.05, 3.63) is 54.1 Å². The van der Waals surface area contributed by atoms with E-state index in [9.17, 15) is 13.2 Å². The lowest BCUT2D eigenvalue weighted by Crippen LogP contribution is -2.25. The van der Waals surface area contributed by atoms with E-state index in [-0.39, 0.29) is 16.7 Å². The number of hydrogen-bond donors (Lipinski definition) is 2. The fourth-order valence-electron chi connectivity index (χ4n) is 2.67. The Balaban J connectivity index is 1.64. The summed E-state index contributed by atoms with van der Waals surface area (Å²) in [4.78, 5) is 13.1. The van der Waals surface area contributed by atoms with Crippen molar-refractivity contribution in [2.24, 2.45) is 5.92 Å². The molecule has 5 nitrogen and oxygen atoms in total. The number of thioether (sulfide) groups is 1. The van der Waals surface area contributed by atoms with Gasteiger partial charge in [0.2, 0.25) is 15.9 Å². The topological polar surface area (TPSA) is 75.3 Å². The molecule has 2 aromatic rings. The highest BCUT2D eigenvalue weighted by Gasteiger charge is 2.22. The number of carbonyl (C=O) groups excluding carboxylic acids is 1. The van der Waals surface area contributed by atoms with Gasteiger partial charge >= 0.3 is 0 Å². The average molecular weight is 391 g/mol. The molecule has 0 radical (unpaired) electrons. The molecular weight excluding hydrogens is 368 g/mol. The summed E-state index contributed by atoms with van der Waals surface area (Å²) in [5, 5.41) is 2.82. The third-order valence-corrected chi connectivity index (χ3v) is 7.03. The second-order valence-electron chi connectivity index (χ2n) is 6.35. The fraction of sp³-hybridized carbons (Fsp3) is 0.316. The largest absolute Gasteiger partial charge is 0.325 e. The number of benzene rings is 2. The Morgan fingerprint density at radius 1 is 1.19 bits per heavy atom. The predicted molar refractivity (Wildman–Crippen MR) is 105 cm³/mol. The Kier molecular flexibility index (Phi) is 6.01. The molecule has 1 amide bonds. The number of anilines is 1. The maximum Gasteiger partial charge on any atom is 0.240 e. The number of hydrogen-bond acceptors (Lipinski definition) is 4. The van der Waals surface area contributed by atoms with Crippen LogP contribution in [-0.2, 0) is 21.2 Å². The quantitative estimate of drug-likeness (QED) is 0.742. The minimum absolute atomic E-state index is 0.0818. The van der Waals surface area contributed by atoms with Crippen molar-refractivity contribution in [3.63, 3.8) is 0 Å². The van der Waals surface area contributed by atoms with Gasteiger partial charge in [-0.1, -0.05) is 37.3 Å². The van der Waals surface area contributed by atoms with E-state index in [0.717, 1.165) is 17.7 Å². The maximum absolute atomic E-state index is 12.5. The molecule has 0 saturated heterocycles. The smallest absolute Gasteiger partial charge is 0.240 e. The summed E-state index contributed by atoms with van der Waals surface area (Å²) in [6, 6.07) is 14.9. The number of fused-ring (bicyclic) bond motifs is 1. The lowest BCUT2D eigenvalue weighted by atomic mass is 10.1. The molecule has 0 aliphatic carbocycles. The SMILES string of the molecule is C[C@@H]1CSc2ccc(S(=O)(=O)NCCCc3ccccc3)cc2NC1=O. The zero-order valence-corrected chi connectivity index (χ0v) is 16.2. The van der Waals surface area contributed by atoms with E-state index >= 15 is 0 Å². The van der Waals surface area contributed by atoms with Gasteiger partial charge in [-0.2, -0.15) is 0 Å². The summed E-state index contributed by atoms with van der Waals surface area (Å²) in [5.74, 6) is 0.494. The van der Waals surface area contributed by atoms with Crippen molar-refractivity contribution in [1.82, 2.24) is 4.72 Å². The van der Waals surface area contributed by atoms with Gasteiger partial charge in [-0.3, -0.25) is 4.79 Å². The van der Waals surface area contributed by atoms with Crippen LogP contribution in [-0.4, -0.2) is 26.6 Å². The van der Waals surface area contributed by atoms with Gasteiger partial charge in [-0.25, -0.2) is 13.1 Å². The highest BCUT2D eigenvalue weighted by molar-refractivity contribution is 7.99. The second-order valence-corrected chi connectivity index (χ2v) is 9.17. The standard InChI is InChI=1S/C19H22N2O3S2/c1-14-13-25-18-10-9-16(12-17(18)21-19(14)22)26(23,24)20-11-5-8-15-6-3-2-4-7-15/h2-4,6-7,9-10,12,14,20H,5,8,11,13H2,1H3,(H,21,22)/t14-/m1/s1. The summed E-state index contributed by atoms with van der Waals surface area (Å²) in [6.07, 6.45) is 1.54. The summed E-state index contributed by atoms with van der Waals surface area (Å²) >= 11 is 1.56. The first-order valence-electron chi connectivity index (χ1n) is 8.57. The van der Waals surface area contributed by atoms with Crippen LogP contribution in [0.5, 0.6) is 0 Å². The van der Waals surface area contributed by atoms with Crippen molar-refractivity contribution >= 4 is 33.4 Å². The van der Waals surface area contributed by atoms with Crippen LogP contribution in [0.1, 0.15) is 18.9 Å². The molecule has 2 aromatic carbocycles. The summed E-state index contributed by atoms with van der Waals surface area (Å²) in [7, 11) is -3.60. The van der Waals surface area contributed by atoms with Gasteiger partial charge in [-0.05, 0) is 36.6 Å². The molecule has 0 aromatic heterocycles. The molecule has 0 saturated carbocycles. The Morgan fingerprint density at radius 3 is 2.73 bits per heavy atom. The molecule has 1 aliphatic heterocycles. The van der Waals surface area contributed by atoms with E-state index in [1.807, 2.05) is 37.3 Å². The predicted octanol–water partition coefficient (Wildman–Crippen LogP) is 3.28. The molecule has 1 atom stereocenters. The minimum Gasteiger partial charge on any atom is -0.325 e. The third-order valence-electron chi connectivity index (χ3n) is 4.23. The van der Waals surface area contributed by atoms with Crippen LogP contribution in [0.15, 0.2) is 58.3 Å². The number of rotatable bonds is 6. The van der Waals surface area contributed by atoms with Crippen molar-refractivity contribution in [2.45, 2.75) is 29.6 Å². The van der Waals surface area contributed by atoms with Crippen molar-refractivity contribution < 1.29 is 13.2 Å². The summed E-state index contributed by atoms with van der Waals surface area (Å²) < 4.78 is 27.7. The molecule has 2 N–H and O–H groups in total. The number of nitrogens with one attached hydrogen (secondary N) is 2. The molecule has 0 spiro atoms. The van der Waals surface area contributed by atoms with Crippen LogP contribution in [0.4, 0.5) is 5.69 Å². The molecule has 0 fully saturated rings. The van der Waals surface area contributed by atoms with Gasteiger partial charge in [0.05, 0.1) is 10.6 Å². The lowest BCUT2D eigenvalue weighted by molar-refractivity contribution is -0.118. The van der Waals surface area contributed by atoms with E-state index in [2.05, 4.69) is 10.0 Å². The normalized spacial score (nSPS) is 17.3. The monoisotopic (exact) mass is 390 g/mol. The Morgan fingerprint density at radius 2 is 1.96 bits per heavy atom. The Hall–Kier alpha value is -1.83. The molecule has 7 heteroatoms. The molecule has 26 heavy (non-hydrogen) atoms. The van der Waals surface area contributed by atoms with E-state index < -0.39 is 10.0 Å². The molecule has 0 unspecified atom stereocenters. The number of sulfonamides is 1. The van der Waals surface area contributed by atoms with E-state index in [4.69, 9.17) is 0 Å². The van der Waals surface area contributed by atoms with Gasteiger partial charge in [0.1, 0.15) is 0 Å². The molecular formula is C19H22N2O3S2. The molecule has 138 valence electrons. The van der Waals surface area contributed by atoms with Crippen LogP contribution in [0, 0.1) is 5.92 Å². The second kappa shape index (κ2) is 8.24.